The average Bonchev–Trinajstić information content (AvgIpc) is 2.54. The maximum absolute atomic E-state index is 12.6. The van der Waals surface area contributed by atoms with Crippen LogP contribution in [0, 0.1) is 0 Å². The van der Waals surface area contributed by atoms with Crippen LogP contribution in [-0.4, -0.2) is 23.6 Å². The van der Waals surface area contributed by atoms with Crippen LogP contribution in [0.2, 0.25) is 10.0 Å². The van der Waals surface area contributed by atoms with Crippen LogP contribution in [0.1, 0.15) is 29.1 Å². The van der Waals surface area contributed by atoms with Gasteiger partial charge in [-0.25, -0.2) is 9.90 Å². The second-order valence-corrected chi connectivity index (χ2v) is 6.13. The van der Waals surface area contributed by atoms with Gasteiger partial charge in [-0.1, -0.05) is 47.5 Å². The Balaban J connectivity index is 1.83. The van der Waals surface area contributed by atoms with Crippen LogP contribution < -0.4 is 0 Å². The van der Waals surface area contributed by atoms with Crippen LogP contribution in [0.3, 0.4) is 0 Å². The third kappa shape index (κ3) is 3.67. The van der Waals surface area contributed by atoms with Crippen LogP contribution in [0.25, 0.3) is 0 Å². The van der Waals surface area contributed by atoms with Gasteiger partial charge >= 0.3 is 0 Å². The Morgan fingerprint density at radius 1 is 1.17 bits per heavy atom. The second-order valence-electron chi connectivity index (χ2n) is 5.28. The first kappa shape index (κ1) is 16.3. The summed E-state index contributed by atoms with van der Waals surface area (Å²) in [6, 6.07) is 14.0. The maximum Gasteiger partial charge on any atom is 0.277 e. The number of hydroxylamine groups is 2. The predicted octanol–water partition coefficient (Wildman–Crippen LogP) is 4.48. The van der Waals surface area contributed by atoms with Crippen molar-refractivity contribution in [1.82, 2.24) is 5.06 Å². The molecule has 0 saturated carbocycles. The Hall–Kier alpha value is -1.59. The molecular weight excluding hydrogens is 337 g/mol. The molecule has 0 spiro atoms. The number of ether oxygens (including phenoxy) is 1. The molecule has 0 N–H and O–H groups in total. The van der Waals surface area contributed by atoms with Gasteiger partial charge in [-0.15, -0.1) is 0 Å². The molecule has 0 aromatic heterocycles. The number of nitrogens with zero attached hydrogens (tertiary/aromatic N) is 1. The van der Waals surface area contributed by atoms with Gasteiger partial charge in [0.05, 0.1) is 17.7 Å². The first-order valence-electron chi connectivity index (χ1n) is 7.18. The quantitative estimate of drug-likeness (QED) is 0.800. The lowest BCUT2D eigenvalue weighted by Gasteiger charge is -2.36. The van der Waals surface area contributed by atoms with Crippen LogP contribution in [0.5, 0.6) is 0 Å². The van der Waals surface area contributed by atoms with Gasteiger partial charge < -0.3 is 4.74 Å². The molecule has 1 saturated heterocycles. The summed E-state index contributed by atoms with van der Waals surface area (Å²) in [5.41, 5.74) is 1.19. The molecule has 2 atom stereocenters. The highest BCUT2D eigenvalue weighted by molar-refractivity contribution is 6.35. The summed E-state index contributed by atoms with van der Waals surface area (Å²) in [5.74, 6) is -0.212. The lowest BCUT2D eigenvalue weighted by molar-refractivity contribution is -0.320. The first-order chi connectivity index (χ1) is 11.0. The minimum Gasteiger partial charge on any atom is -0.341 e. The van der Waals surface area contributed by atoms with Crippen molar-refractivity contribution < 1.29 is 14.4 Å². The summed E-state index contributed by atoms with van der Waals surface area (Å²) in [7, 11) is 0. The normalized spacial score (nSPS) is 21.3. The van der Waals surface area contributed by atoms with Crippen LogP contribution >= 0.6 is 23.2 Å². The number of carbonyl (C=O) groups is 1. The molecule has 0 bridgehead atoms. The maximum atomic E-state index is 12.6. The zero-order valence-corrected chi connectivity index (χ0v) is 13.9. The van der Waals surface area contributed by atoms with E-state index in [0.29, 0.717) is 27.7 Å². The topological polar surface area (TPSA) is 38.8 Å². The monoisotopic (exact) mass is 351 g/mol. The largest absolute Gasteiger partial charge is 0.341 e. The van der Waals surface area contributed by atoms with E-state index in [9.17, 15) is 4.79 Å². The summed E-state index contributed by atoms with van der Waals surface area (Å²) < 4.78 is 5.77. The molecule has 6 heteroatoms. The van der Waals surface area contributed by atoms with Crippen molar-refractivity contribution in [2.75, 3.05) is 6.54 Å². The van der Waals surface area contributed by atoms with Gasteiger partial charge in [0, 0.05) is 16.1 Å². The molecule has 2 aromatic rings. The van der Waals surface area contributed by atoms with E-state index in [2.05, 4.69) is 0 Å². The van der Waals surface area contributed by atoms with Crippen molar-refractivity contribution in [3.05, 3.63) is 69.7 Å². The first-order valence-corrected chi connectivity index (χ1v) is 7.94. The van der Waals surface area contributed by atoms with E-state index in [4.69, 9.17) is 32.8 Å². The average molecular weight is 352 g/mol. The second kappa shape index (κ2) is 6.89. The number of rotatable bonds is 2. The standard InChI is InChI=1S/C17H15Cl2NO3/c1-11-10-20(16(21)12-5-3-2-4-6-12)23-17(22-11)14-8-7-13(18)9-15(14)19/h2-9,11,17H,10H2,1H3/t11-,17-/m1/s1. The molecule has 0 aliphatic carbocycles. The molecule has 2 aromatic carbocycles. The minimum atomic E-state index is -0.754. The fraction of sp³-hybridized carbons (Fsp3) is 0.235. The summed E-state index contributed by atoms with van der Waals surface area (Å²) >= 11 is 12.1. The Kier molecular flexibility index (Phi) is 4.87. The van der Waals surface area contributed by atoms with Gasteiger partial charge in [-0.05, 0) is 31.2 Å². The van der Waals surface area contributed by atoms with Gasteiger partial charge in [0.15, 0.2) is 0 Å². The molecule has 23 heavy (non-hydrogen) atoms. The van der Waals surface area contributed by atoms with E-state index >= 15 is 0 Å². The molecule has 1 aliphatic heterocycles. The molecule has 4 nitrogen and oxygen atoms in total. The van der Waals surface area contributed by atoms with Crippen LogP contribution in [0.4, 0.5) is 0 Å². The Morgan fingerprint density at radius 2 is 1.91 bits per heavy atom. The highest BCUT2D eigenvalue weighted by atomic mass is 35.5. The molecule has 0 radical (unpaired) electrons. The lowest BCUT2D eigenvalue weighted by Crippen LogP contribution is -2.44. The molecule has 1 heterocycles. The zero-order chi connectivity index (χ0) is 16.4. The number of carbonyl (C=O) groups excluding carboxylic acids is 1. The molecule has 3 rings (SSSR count). The fourth-order valence-corrected chi connectivity index (χ4v) is 2.85. The number of benzene rings is 2. The van der Waals surface area contributed by atoms with Gasteiger partial charge in [0.25, 0.3) is 5.91 Å². The van der Waals surface area contributed by atoms with Crippen molar-refractivity contribution >= 4 is 29.1 Å². The van der Waals surface area contributed by atoms with E-state index in [1.807, 2.05) is 25.1 Å². The van der Waals surface area contributed by atoms with Gasteiger partial charge in [0.2, 0.25) is 6.29 Å². The Morgan fingerprint density at radius 3 is 2.61 bits per heavy atom. The van der Waals surface area contributed by atoms with Crippen molar-refractivity contribution in [3.63, 3.8) is 0 Å². The fourth-order valence-electron chi connectivity index (χ4n) is 2.35. The summed E-state index contributed by atoms with van der Waals surface area (Å²) in [5, 5.41) is 2.28. The van der Waals surface area contributed by atoms with E-state index in [1.54, 1.807) is 30.3 Å². The van der Waals surface area contributed by atoms with Crippen molar-refractivity contribution in [3.8, 4) is 0 Å². The van der Waals surface area contributed by atoms with E-state index in [-0.39, 0.29) is 12.0 Å². The van der Waals surface area contributed by atoms with Crippen molar-refractivity contribution in [2.24, 2.45) is 0 Å². The van der Waals surface area contributed by atoms with E-state index in [1.165, 1.54) is 5.06 Å². The molecule has 0 unspecified atom stereocenters. The van der Waals surface area contributed by atoms with Crippen molar-refractivity contribution in [1.29, 1.82) is 0 Å². The molecule has 1 aliphatic rings. The third-order valence-electron chi connectivity index (χ3n) is 3.47. The number of halogens is 2. The highest BCUT2D eigenvalue weighted by Crippen LogP contribution is 2.33. The van der Waals surface area contributed by atoms with E-state index < -0.39 is 6.29 Å². The number of hydrogen-bond acceptors (Lipinski definition) is 3. The Labute approximate surface area is 144 Å². The van der Waals surface area contributed by atoms with E-state index in [0.717, 1.165) is 0 Å². The minimum absolute atomic E-state index is 0.187. The summed E-state index contributed by atoms with van der Waals surface area (Å²) in [6.45, 7) is 2.22. The summed E-state index contributed by atoms with van der Waals surface area (Å²) in [4.78, 5) is 18.3. The molecule has 1 amide bonds. The van der Waals surface area contributed by atoms with Gasteiger partial charge in [-0.3, -0.25) is 4.79 Å². The van der Waals surface area contributed by atoms with Gasteiger partial charge in [-0.2, -0.15) is 0 Å². The lowest BCUT2D eigenvalue weighted by atomic mass is 10.2. The number of amides is 1. The predicted molar refractivity (Wildman–Crippen MR) is 88.3 cm³/mol. The zero-order valence-electron chi connectivity index (χ0n) is 12.4. The third-order valence-corrected chi connectivity index (χ3v) is 4.03. The molecular formula is C17H15Cl2NO3. The Bertz CT molecular complexity index is 708. The van der Waals surface area contributed by atoms with Gasteiger partial charge in [0.1, 0.15) is 0 Å². The van der Waals surface area contributed by atoms with Crippen LogP contribution in [-0.2, 0) is 9.57 Å². The molecule has 120 valence electrons. The number of hydrogen-bond donors (Lipinski definition) is 0. The van der Waals surface area contributed by atoms with Crippen LogP contribution in [0.15, 0.2) is 48.5 Å². The van der Waals surface area contributed by atoms with Crippen molar-refractivity contribution in [2.45, 2.75) is 19.3 Å². The molecule has 1 fully saturated rings. The highest BCUT2D eigenvalue weighted by Gasteiger charge is 2.32. The summed E-state index contributed by atoms with van der Waals surface area (Å²) in [6.07, 6.45) is -0.940. The SMILES string of the molecule is C[C@@H]1CN(C(=O)c2ccccc2)O[C@H](c2ccc(Cl)cc2Cl)O1. The smallest absolute Gasteiger partial charge is 0.277 e.